The zero-order chi connectivity index (χ0) is 38.2. The van der Waals surface area contributed by atoms with Gasteiger partial charge in [0.25, 0.3) is 0 Å². The van der Waals surface area contributed by atoms with Crippen LogP contribution in [0.4, 0.5) is 17.1 Å². The van der Waals surface area contributed by atoms with Crippen LogP contribution in [0.5, 0.6) is 0 Å². The van der Waals surface area contributed by atoms with E-state index in [1.807, 2.05) is 35.6 Å². The average molecular weight is 760 g/mol. The third-order valence-corrected chi connectivity index (χ3v) is 12.7. The van der Waals surface area contributed by atoms with Gasteiger partial charge in [-0.3, -0.25) is 0 Å². The summed E-state index contributed by atoms with van der Waals surface area (Å²) < 4.78 is 15.5. The van der Waals surface area contributed by atoms with Gasteiger partial charge in [-0.25, -0.2) is 0 Å². The van der Waals surface area contributed by atoms with Crippen LogP contribution in [-0.4, -0.2) is 0 Å². The number of hydrogen-bond acceptors (Lipinski definition) is 4. The maximum atomic E-state index is 6.42. The molecule has 0 amide bonds. The van der Waals surface area contributed by atoms with E-state index in [0.717, 1.165) is 83.2 Å². The van der Waals surface area contributed by atoms with Gasteiger partial charge < -0.3 is 13.7 Å². The van der Waals surface area contributed by atoms with Crippen molar-refractivity contribution in [3.05, 3.63) is 200 Å². The lowest BCUT2D eigenvalue weighted by molar-refractivity contribution is 0.669. The van der Waals surface area contributed by atoms with Crippen LogP contribution in [0.15, 0.2) is 209 Å². The van der Waals surface area contributed by atoms with Gasteiger partial charge in [0, 0.05) is 69.9 Å². The maximum Gasteiger partial charge on any atom is 0.143 e. The lowest BCUT2D eigenvalue weighted by Gasteiger charge is -2.26. The average Bonchev–Trinajstić information content (AvgIpc) is 3.99. The van der Waals surface area contributed by atoms with Gasteiger partial charge in [0.2, 0.25) is 0 Å². The van der Waals surface area contributed by atoms with Crippen LogP contribution in [0, 0.1) is 0 Å². The van der Waals surface area contributed by atoms with Gasteiger partial charge in [0.1, 0.15) is 22.3 Å². The topological polar surface area (TPSA) is 29.5 Å². The largest absolute Gasteiger partial charge is 0.455 e. The number of rotatable bonds is 6. The van der Waals surface area contributed by atoms with Crippen molar-refractivity contribution in [3.63, 3.8) is 0 Å². The molecule has 12 aromatic rings. The highest BCUT2D eigenvalue weighted by molar-refractivity contribution is 7.26. The highest BCUT2D eigenvalue weighted by Crippen LogP contribution is 2.43. The van der Waals surface area contributed by atoms with Gasteiger partial charge in [-0.2, -0.15) is 0 Å². The maximum absolute atomic E-state index is 6.42. The summed E-state index contributed by atoms with van der Waals surface area (Å²) in [6.45, 7) is 0. The highest BCUT2D eigenvalue weighted by Gasteiger charge is 2.18. The quantitative estimate of drug-likeness (QED) is 0.169. The summed E-state index contributed by atoms with van der Waals surface area (Å²) >= 11 is 1.87. The number of hydrogen-bond donors (Lipinski definition) is 0. The predicted octanol–water partition coefficient (Wildman–Crippen LogP) is 16.3. The summed E-state index contributed by atoms with van der Waals surface area (Å²) in [6.07, 6.45) is 0. The van der Waals surface area contributed by atoms with Crippen LogP contribution in [0.3, 0.4) is 0 Å². The second-order valence-corrected chi connectivity index (χ2v) is 15.9. The first-order valence-corrected chi connectivity index (χ1v) is 20.4. The van der Waals surface area contributed by atoms with Crippen molar-refractivity contribution < 1.29 is 8.83 Å². The molecule has 0 aliphatic heterocycles. The Bertz CT molecular complexity index is 3120. The van der Waals surface area contributed by atoms with Crippen LogP contribution in [-0.2, 0) is 0 Å². The normalized spacial score (nSPS) is 11.8. The molecule has 58 heavy (non-hydrogen) atoms. The molecule has 0 aliphatic carbocycles. The summed E-state index contributed by atoms with van der Waals surface area (Å²) in [5, 5.41) is 7.14. The third kappa shape index (κ3) is 5.19. The van der Waals surface area contributed by atoms with Crippen LogP contribution >= 0.6 is 11.3 Å². The van der Waals surface area contributed by atoms with E-state index >= 15 is 0 Å². The minimum Gasteiger partial charge on any atom is -0.455 e. The summed E-state index contributed by atoms with van der Waals surface area (Å²) in [5.74, 6) is 0. The Morgan fingerprint density at radius 1 is 0.310 bits per heavy atom. The van der Waals surface area contributed by atoms with Gasteiger partial charge in [-0.1, -0.05) is 146 Å². The molecule has 0 unspecified atom stereocenters. The van der Waals surface area contributed by atoms with E-state index in [-0.39, 0.29) is 0 Å². The molecule has 3 aromatic heterocycles. The van der Waals surface area contributed by atoms with Crippen molar-refractivity contribution in [2.24, 2.45) is 0 Å². The second-order valence-electron chi connectivity index (χ2n) is 14.8. The number of thiophene rings is 1. The summed E-state index contributed by atoms with van der Waals surface area (Å²) in [6, 6.07) is 71.4. The monoisotopic (exact) mass is 759 g/mol. The number of anilines is 3. The van der Waals surface area contributed by atoms with Crippen LogP contribution < -0.4 is 4.90 Å². The molecule has 0 N–H and O–H groups in total. The van der Waals surface area contributed by atoms with E-state index in [1.165, 1.54) is 31.3 Å². The van der Waals surface area contributed by atoms with E-state index in [4.69, 9.17) is 8.83 Å². The van der Waals surface area contributed by atoms with Crippen molar-refractivity contribution in [3.8, 4) is 33.4 Å². The molecule has 0 atom stereocenters. The minimum absolute atomic E-state index is 0.903. The molecule has 0 fully saturated rings. The Hall–Kier alpha value is -7.40. The predicted molar refractivity (Wildman–Crippen MR) is 245 cm³/mol. The number of nitrogens with zero attached hydrogens (tertiary/aromatic N) is 1. The molecule has 4 heteroatoms. The molecular formula is C54H33NO2S. The Kier molecular flexibility index (Phi) is 7.40. The Balaban J connectivity index is 0.959. The first-order chi connectivity index (χ1) is 28.7. The molecular weight excluding hydrogens is 727 g/mol. The van der Waals surface area contributed by atoms with Gasteiger partial charge in [0.05, 0.1) is 0 Å². The number of furan rings is 2. The fourth-order valence-electron chi connectivity index (χ4n) is 8.74. The Morgan fingerprint density at radius 2 is 0.707 bits per heavy atom. The summed E-state index contributed by atoms with van der Waals surface area (Å²) in [5.41, 5.74) is 13.6. The van der Waals surface area contributed by atoms with Crippen molar-refractivity contribution in [2.75, 3.05) is 4.90 Å². The van der Waals surface area contributed by atoms with Gasteiger partial charge >= 0.3 is 0 Å². The molecule has 3 heterocycles. The lowest BCUT2D eigenvalue weighted by atomic mass is 10.0. The van der Waals surface area contributed by atoms with Gasteiger partial charge in [-0.05, 0) is 76.9 Å². The summed E-state index contributed by atoms with van der Waals surface area (Å²) in [4.78, 5) is 2.33. The van der Waals surface area contributed by atoms with Gasteiger partial charge in [0.15, 0.2) is 0 Å². The SMILES string of the molecule is c1ccc2c(c1)oc1c(-c3ccc(N(c4ccc(-c5cccc6c5oc5ccccc56)cc4)c4ccc(-c5cccc6c5sc5ccccc56)cc4)cc3)cccc12. The zero-order valence-electron chi connectivity index (χ0n) is 31.2. The fraction of sp³-hybridized carbons (Fsp3) is 0. The number of benzene rings is 9. The van der Waals surface area contributed by atoms with Crippen molar-refractivity contribution in [2.45, 2.75) is 0 Å². The van der Waals surface area contributed by atoms with E-state index in [9.17, 15) is 0 Å². The fourth-order valence-corrected chi connectivity index (χ4v) is 9.98. The number of para-hydroxylation sites is 4. The number of fused-ring (bicyclic) bond motifs is 9. The van der Waals surface area contributed by atoms with E-state index in [0.29, 0.717) is 0 Å². The third-order valence-electron chi connectivity index (χ3n) is 11.5. The molecule has 272 valence electrons. The van der Waals surface area contributed by atoms with Crippen LogP contribution in [0.2, 0.25) is 0 Å². The van der Waals surface area contributed by atoms with Gasteiger partial charge in [-0.15, -0.1) is 11.3 Å². The minimum atomic E-state index is 0.903. The smallest absolute Gasteiger partial charge is 0.143 e. The molecule has 0 saturated heterocycles. The first-order valence-electron chi connectivity index (χ1n) is 19.6. The zero-order valence-corrected chi connectivity index (χ0v) is 32.0. The molecule has 0 bridgehead atoms. The molecule has 3 nitrogen and oxygen atoms in total. The first kappa shape index (κ1) is 32.8. The Labute approximate surface area is 338 Å². The van der Waals surface area contributed by atoms with E-state index < -0.39 is 0 Å². The van der Waals surface area contributed by atoms with Crippen LogP contribution in [0.25, 0.3) is 97.4 Å². The van der Waals surface area contributed by atoms with Crippen LogP contribution in [0.1, 0.15) is 0 Å². The molecule has 0 radical (unpaired) electrons. The second kappa shape index (κ2) is 13.1. The lowest BCUT2D eigenvalue weighted by Crippen LogP contribution is -2.09. The molecule has 12 rings (SSSR count). The standard InChI is InChI=1S/C54H33NO2S/c1-4-19-49-43(10-1)46-16-7-13-40(52(46)56-49)34-22-28-37(29-23-34)55(38-30-24-35(25-31-38)41-14-8-17-47-44-11-2-5-20-50(44)57-53(41)47)39-32-26-36(27-33-39)42-15-9-18-48-45-12-3-6-21-51(45)58-54(42)48/h1-33H. The summed E-state index contributed by atoms with van der Waals surface area (Å²) in [7, 11) is 0. The Morgan fingerprint density at radius 3 is 1.22 bits per heavy atom. The molecule has 0 saturated carbocycles. The molecule has 0 spiro atoms. The molecule has 0 aliphatic rings. The molecule has 9 aromatic carbocycles. The van der Waals surface area contributed by atoms with E-state index in [2.05, 4.69) is 181 Å². The van der Waals surface area contributed by atoms with E-state index in [1.54, 1.807) is 0 Å². The van der Waals surface area contributed by atoms with Crippen molar-refractivity contribution in [1.82, 2.24) is 0 Å². The van der Waals surface area contributed by atoms with Crippen molar-refractivity contribution in [1.29, 1.82) is 0 Å². The highest BCUT2D eigenvalue weighted by atomic mass is 32.1. The van der Waals surface area contributed by atoms with Crippen molar-refractivity contribution >= 4 is 92.4 Å².